The average Bonchev–Trinajstić information content (AvgIpc) is 2.35. The van der Waals surface area contributed by atoms with Crippen LogP contribution in [0.3, 0.4) is 0 Å². The second kappa shape index (κ2) is 4.16. The van der Waals surface area contributed by atoms with Crippen LogP contribution < -0.4 is 9.47 Å². The van der Waals surface area contributed by atoms with E-state index in [0.717, 1.165) is 6.07 Å². The lowest BCUT2D eigenvalue weighted by molar-refractivity contribution is -0.140. The van der Waals surface area contributed by atoms with E-state index in [0.29, 0.717) is 30.1 Å². The van der Waals surface area contributed by atoms with E-state index in [9.17, 15) is 13.2 Å². The van der Waals surface area contributed by atoms with Gasteiger partial charge in [0.05, 0.1) is 10.5 Å². The molecule has 3 rings (SSSR count). The molecule has 0 atom stereocenters. The van der Waals surface area contributed by atoms with E-state index in [2.05, 4.69) is 4.98 Å². The van der Waals surface area contributed by atoms with Gasteiger partial charge in [-0.05, 0) is 12.1 Å². The third-order valence-electron chi connectivity index (χ3n) is 2.71. The van der Waals surface area contributed by atoms with Crippen molar-refractivity contribution >= 4 is 22.5 Å². The molecule has 1 aromatic carbocycles. The smallest absolute Gasteiger partial charge is 0.433 e. The van der Waals surface area contributed by atoms with Crippen molar-refractivity contribution in [2.75, 3.05) is 13.2 Å². The number of hydrogen-bond acceptors (Lipinski definition) is 3. The monoisotopic (exact) mass is 289 g/mol. The van der Waals surface area contributed by atoms with Crippen LogP contribution in [-0.2, 0) is 6.18 Å². The van der Waals surface area contributed by atoms with Crippen molar-refractivity contribution in [2.24, 2.45) is 0 Å². The van der Waals surface area contributed by atoms with Crippen molar-refractivity contribution in [3.8, 4) is 11.5 Å². The van der Waals surface area contributed by atoms with Crippen LogP contribution in [0.2, 0.25) is 5.02 Å². The molecule has 0 fully saturated rings. The Morgan fingerprint density at radius 1 is 1.05 bits per heavy atom. The molecular formula is C12H7ClF3NO2. The van der Waals surface area contributed by atoms with E-state index >= 15 is 0 Å². The molecule has 0 saturated heterocycles. The predicted octanol–water partition coefficient (Wildman–Crippen LogP) is 3.68. The largest absolute Gasteiger partial charge is 0.486 e. The number of benzene rings is 1. The van der Waals surface area contributed by atoms with Gasteiger partial charge in [-0.3, -0.25) is 0 Å². The first-order chi connectivity index (χ1) is 8.95. The molecular weight excluding hydrogens is 283 g/mol. The Morgan fingerprint density at radius 3 is 2.32 bits per heavy atom. The number of hydrogen-bond donors (Lipinski definition) is 0. The van der Waals surface area contributed by atoms with Crippen LogP contribution in [0.5, 0.6) is 11.5 Å². The Morgan fingerprint density at radius 2 is 1.68 bits per heavy atom. The summed E-state index contributed by atoms with van der Waals surface area (Å²) in [4.78, 5) is 3.57. The normalized spacial score (nSPS) is 14.7. The zero-order valence-electron chi connectivity index (χ0n) is 9.42. The van der Waals surface area contributed by atoms with Crippen molar-refractivity contribution in [1.82, 2.24) is 4.98 Å². The fourth-order valence-corrected chi connectivity index (χ4v) is 2.12. The molecule has 19 heavy (non-hydrogen) atoms. The van der Waals surface area contributed by atoms with Crippen molar-refractivity contribution < 1.29 is 22.6 Å². The Labute approximate surface area is 110 Å². The van der Waals surface area contributed by atoms with Gasteiger partial charge in [0.15, 0.2) is 11.5 Å². The molecule has 100 valence electrons. The van der Waals surface area contributed by atoms with Crippen molar-refractivity contribution in [1.29, 1.82) is 0 Å². The Kier molecular flexibility index (Phi) is 2.70. The molecule has 0 aliphatic carbocycles. The van der Waals surface area contributed by atoms with Crippen LogP contribution in [0.4, 0.5) is 13.2 Å². The number of nitrogens with zero attached hydrogens (tertiary/aromatic N) is 1. The Balaban J connectivity index is 2.24. The maximum atomic E-state index is 12.7. The summed E-state index contributed by atoms with van der Waals surface area (Å²) in [5.74, 6) is 0.837. The topological polar surface area (TPSA) is 31.4 Å². The first-order valence-corrected chi connectivity index (χ1v) is 5.80. The number of alkyl halides is 3. The van der Waals surface area contributed by atoms with Gasteiger partial charge in [0, 0.05) is 11.5 Å². The Bertz CT molecular complexity index is 657. The number of ether oxygens (including phenoxy) is 2. The third-order valence-corrected chi connectivity index (χ3v) is 3.03. The van der Waals surface area contributed by atoms with Crippen LogP contribution in [-0.4, -0.2) is 18.2 Å². The summed E-state index contributed by atoms with van der Waals surface area (Å²) in [5.41, 5.74) is -0.897. The van der Waals surface area contributed by atoms with Crippen LogP contribution in [0.15, 0.2) is 18.2 Å². The quantitative estimate of drug-likeness (QED) is 0.741. The zero-order chi connectivity index (χ0) is 13.6. The van der Waals surface area contributed by atoms with E-state index < -0.39 is 11.9 Å². The SMILES string of the molecule is FC(F)(F)c1cc(Cl)c2cc3c(cc2n1)OCCO3. The maximum Gasteiger partial charge on any atom is 0.433 e. The predicted molar refractivity (Wildman–Crippen MR) is 62.7 cm³/mol. The molecule has 0 amide bonds. The lowest BCUT2D eigenvalue weighted by atomic mass is 10.1. The van der Waals surface area contributed by atoms with Gasteiger partial charge in [0.1, 0.15) is 18.9 Å². The molecule has 1 aliphatic rings. The van der Waals surface area contributed by atoms with Crippen LogP contribution in [0.25, 0.3) is 10.9 Å². The van der Waals surface area contributed by atoms with E-state index in [1.807, 2.05) is 0 Å². The second-order valence-electron chi connectivity index (χ2n) is 4.00. The van der Waals surface area contributed by atoms with Gasteiger partial charge in [0.25, 0.3) is 0 Å². The van der Waals surface area contributed by atoms with Gasteiger partial charge in [0.2, 0.25) is 0 Å². The van der Waals surface area contributed by atoms with Gasteiger partial charge in [-0.15, -0.1) is 0 Å². The van der Waals surface area contributed by atoms with Gasteiger partial charge >= 0.3 is 6.18 Å². The van der Waals surface area contributed by atoms with Gasteiger partial charge in [-0.25, -0.2) is 4.98 Å². The molecule has 1 aliphatic heterocycles. The summed E-state index contributed by atoms with van der Waals surface area (Å²) in [7, 11) is 0. The van der Waals surface area contributed by atoms with Crippen molar-refractivity contribution in [2.45, 2.75) is 6.18 Å². The summed E-state index contributed by atoms with van der Waals surface area (Å²) < 4.78 is 48.6. The molecule has 2 heterocycles. The minimum atomic E-state index is -4.54. The molecule has 7 heteroatoms. The van der Waals surface area contributed by atoms with E-state index in [4.69, 9.17) is 21.1 Å². The highest BCUT2D eigenvalue weighted by Crippen LogP contribution is 2.38. The molecule has 0 bridgehead atoms. The number of aromatic nitrogens is 1. The summed E-state index contributed by atoms with van der Waals surface area (Å²) in [5, 5.41) is 0.383. The maximum absolute atomic E-state index is 12.7. The van der Waals surface area contributed by atoms with Gasteiger partial charge < -0.3 is 9.47 Å². The molecule has 0 radical (unpaired) electrons. The molecule has 1 aromatic heterocycles. The van der Waals surface area contributed by atoms with E-state index in [1.165, 1.54) is 6.07 Å². The molecule has 3 nitrogen and oxygen atoms in total. The van der Waals surface area contributed by atoms with Crippen LogP contribution in [0, 0.1) is 0 Å². The van der Waals surface area contributed by atoms with Gasteiger partial charge in [-0.1, -0.05) is 11.6 Å². The third kappa shape index (κ3) is 2.16. The average molecular weight is 290 g/mol. The number of rotatable bonds is 0. The summed E-state index contributed by atoms with van der Waals surface area (Å²) >= 11 is 5.87. The minimum Gasteiger partial charge on any atom is -0.486 e. The summed E-state index contributed by atoms with van der Waals surface area (Å²) in [6, 6.07) is 3.75. The minimum absolute atomic E-state index is 0.0192. The molecule has 0 saturated carbocycles. The number of pyridine rings is 1. The Hall–Kier alpha value is -1.69. The standard InChI is InChI=1S/C12H7ClF3NO2/c13-7-4-11(12(14,15)16)17-8-5-10-9(3-6(7)8)18-1-2-19-10/h3-5H,1-2H2. The second-order valence-corrected chi connectivity index (χ2v) is 4.41. The molecule has 0 unspecified atom stereocenters. The van der Waals surface area contributed by atoms with E-state index in [1.54, 1.807) is 6.07 Å². The highest BCUT2D eigenvalue weighted by molar-refractivity contribution is 6.35. The summed E-state index contributed by atoms with van der Waals surface area (Å²) in [6.45, 7) is 0.745. The molecule has 2 aromatic rings. The van der Waals surface area contributed by atoms with Crippen molar-refractivity contribution in [3.05, 3.63) is 28.9 Å². The highest BCUT2D eigenvalue weighted by Gasteiger charge is 2.33. The van der Waals surface area contributed by atoms with Crippen LogP contribution >= 0.6 is 11.6 Å². The number of fused-ring (bicyclic) bond motifs is 2. The first kappa shape index (κ1) is 12.3. The lowest BCUT2D eigenvalue weighted by Crippen LogP contribution is -2.15. The zero-order valence-corrected chi connectivity index (χ0v) is 10.2. The molecule has 0 spiro atoms. The summed E-state index contributed by atoms with van der Waals surface area (Å²) in [6.07, 6.45) is -4.54. The van der Waals surface area contributed by atoms with Crippen molar-refractivity contribution in [3.63, 3.8) is 0 Å². The number of halogens is 4. The highest BCUT2D eigenvalue weighted by atomic mass is 35.5. The van der Waals surface area contributed by atoms with Gasteiger partial charge in [-0.2, -0.15) is 13.2 Å². The van der Waals surface area contributed by atoms with Crippen LogP contribution in [0.1, 0.15) is 5.69 Å². The fraction of sp³-hybridized carbons (Fsp3) is 0.250. The fourth-order valence-electron chi connectivity index (χ4n) is 1.87. The van der Waals surface area contributed by atoms with E-state index in [-0.39, 0.29) is 10.5 Å². The lowest BCUT2D eigenvalue weighted by Gasteiger charge is -2.19. The first-order valence-electron chi connectivity index (χ1n) is 5.42. The molecule has 0 N–H and O–H groups in total.